The number of aryl methyl sites for hydroxylation is 2. The Labute approximate surface area is 170 Å². The molecule has 3 N–H and O–H groups in total. The summed E-state index contributed by atoms with van der Waals surface area (Å²) in [6.45, 7) is 2.45. The highest BCUT2D eigenvalue weighted by Crippen LogP contribution is 2.33. The summed E-state index contributed by atoms with van der Waals surface area (Å²) in [5, 5.41) is 11.9. The molecule has 152 valence electrons. The number of hydrogen-bond donors (Lipinski definition) is 3. The Morgan fingerprint density at radius 1 is 1.34 bits per heavy atom. The number of thiophene rings is 1. The molecule has 1 saturated heterocycles. The Bertz CT molecular complexity index is 1030. The van der Waals surface area contributed by atoms with E-state index < -0.39 is 11.9 Å². The molecule has 0 saturated carbocycles. The number of carbonyl (C=O) groups is 4. The predicted molar refractivity (Wildman–Crippen MR) is 104 cm³/mol. The Balaban J connectivity index is 1.35. The highest BCUT2D eigenvalue weighted by atomic mass is 32.1. The van der Waals surface area contributed by atoms with Gasteiger partial charge < -0.3 is 10.2 Å². The number of fused-ring (bicyclic) bond motifs is 1. The summed E-state index contributed by atoms with van der Waals surface area (Å²) in [5.41, 5.74) is 1.64. The van der Waals surface area contributed by atoms with Crippen molar-refractivity contribution in [1.82, 2.24) is 25.3 Å². The van der Waals surface area contributed by atoms with Crippen LogP contribution in [0.25, 0.3) is 0 Å². The van der Waals surface area contributed by atoms with Gasteiger partial charge in [-0.25, -0.2) is 4.79 Å². The van der Waals surface area contributed by atoms with Crippen LogP contribution in [0.15, 0.2) is 12.1 Å². The van der Waals surface area contributed by atoms with E-state index in [2.05, 4.69) is 21.0 Å². The first-order valence-corrected chi connectivity index (χ1v) is 9.95. The second-order valence-corrected chi connectivity index (χ2v) is 8.21. The van der Waals surface area contributed by atoms with Gasteiger partial charge in [0.05, 0.1) is 17.1 Å². The maximum absolute atomic E-state index is 12.7. The number of urea groups is 1. The lowest BCUT2D eigenvalue weighted by Crippen LogP contribution is -2.52. The first kappa shape index (κ1) is 19.1. The fourth-order valence-electron chi connectivity index (χ4n) is 3.54. The molecule has 5 amide bonds. The molecular formula is C18H20N6O4S. The molecule has 0 radical (unpaired) electrons. The molecule has 4 heterocycles. The van der Waals surface area contributed by atoms with E-state index in [0.29, 0.717) is 23.7 Å². The van der Waals surface area contributed by atoms with Gasteiger partial charge in [-0.1, -0.05) is 0 Å². The molecule has 29 heavy (non-hydrogen) atoms. The Kier molecular flexibility index (Phi) is 4.82. The monoisotopic (exact) mass is 416 g/mol. The summed E-state index contributed by atoms with van der Waals surface area (Å²) in [4.78, 5) is 51.1. The third-order valence-electron chi connectivity index (χ3n) is 4.91. The van der Waals surface area contributed by atoms with E-state index in [4.69, 9.17) is 0 Å². The van der Waals surface area contributed by atoms with E-state index >= 15 is 0 Å². The Morgan fingerprint density at radius 2 is 2.14 bits per heavy atom. The van der Waals surface area contributed by atoms with Crippen LogP contribution >= 0.6 is 11.3 Å². The normalized spacial score (nSPS) is 18.6. The largest absolute Gasteiger partial charge is 0.333 e. The molecule has 0 spiro atoms. The summed E-state index contributed by atoms with van der Waals surface area (Å²) in [7, 11) is 1.74. The molecule has 0 aromatic carbocycles. The van der Waals surface area contributed by atoms with Crippen LogP contribution in [-0.4, -0.2) is 44.5 Å². The van der Waals surface area contributed by atoms with Crippen molar-refractivity contribution in [2.24, 2.45) is 7.05 Å². The van der Waals surface area contributed by atoms with Crippen LogP contribution in [0.4, 0.5) is 10.6 Å². The van der Waals surface area contributed by atoms with Crippen LogP contribution in [0.2, 0.25) is 0 Å². The number of aromatic nitrogens is 2. The summed E-state index contributed by atoms with van der Waals surface area (Å²) in [6.07, 6.45) is 0.571. The first-order valence-electron chi connectivity index (χ1n) is 9.13. The molecule has 10 nitrogen and oxygen atoms in total. The lowest BCUT2D eigenvalue weighted by Gasteiger charge is -2.29. The van der Waals surface area contributed by atoms with Gasteiger partial charge in [-0.05, 0) is 25.0 Å². The number of amides is 5. The van der Waals surface area contributed by atoms with E-state index in [9.17, 15) is 19.2 Å². The standard InChI is InChI=1S/C18H20N6O4S/c1-9-5-13(23(2)22-9)20-18(28)19-7-11-6-10-8-24(17(27)15(10)29-11)12-3-4-14(25)21-16(12)26/h5-6,12H,3-4,7-8H2,1-2H3,(H2,19,20,28)(H,21,25,26). The van der Waals surface area contributed by atoms with E-state index in [0.717, 1.165) is 16.1 Å². The molecule has 0 aliphatic carbocycles. The fraction of sp³-hybridized carbons (Fsp3) is 0.389. The Morgan fingerprint density at radius 3 is 2.79 bits per heavy atom. The van der Waals surface area contributed by atoms with Crippen LogP contribution in [0.1, 0.15) is 38.6 Å². The third-order valence-corrected chi connectivity index (χ3v) is 6.07. The summed E-state index contributed by atoms with van der Waals surface area (Å²) >= 11 is 1.31. The van der Waals surface area contributed by atoms with Gasteiger partial charge in [0.1, 0.15) is 11.9 Å². The minimum Gasteiger partial charge on any atom is -0.333 e. The molecule has 2 aliphatic heterocycles. The van der Waals surface area contributed by atoms with Crippen LogP contribution < -0.4 is 16.0 Å². The lowest BCUT2D eigenvalue weighted by molar-refractivity contribution is -0.136. The van der Waals surface area contributed by atoms with Crippen molar-refractivity contribution in [2.75, 3.05) is 5.32 Å². The number of nitrogens with one attached hydrogen (secondary N) is 3. The second-order valence-electron chi connectivity index (χ2n) is 7.07. The molecule has 0 bridgehead atoms. The quantitative estimate of drug-likeness (QED) is 0.638. The van der Waals surface area contributed by atoms with E-state index in [1.807, 2.05) is 13.0 Å². The van der Waals surface area contributed by atoms with Crippen LogP contribution in [0, 0.1) is 6.92 Å². The third kappa shape index (κ3) is 3.73. The van der Waals surface area contributed by atoms with E-state index in [1.165, 1.54) is 16.2 Å². The molecule has 2 aromatic heterocycles. The highest BCUT2D eigenvalue weighted by molar-refractivity contribution is 7.14. The van der Waals surface area contributed by atoms with Gasteiger partial charge in [0.15, 0.2) is 0 Å². The predicted octanol–water partition coefficient (Wildman–Crippen LogP) is 0.873. The van der Waals surface area contributed by atoms with Crippen LogP contribution in [-0.2, 0) is 29.7 Å². The maximum Gasteiger partial charge on any atom is 0.320 e. The number of nitrogens with zero attached hydrogens (tertiary/aromatic N) is 3. The number of imide groups is 1. The van der Waals surface area contributed by atoms with E-state index in [1.54, 1.807) is 17.8 Å². The van der Waals surface area contributed by atoms with Gasteiger partial charge in [0, 0.05) is 31.0 Å². The number of anilines is 1. The smallest absolute Gasteiger partial charge is 0.320 e. The van der Waals surface area contributed by atoms with Crippen molar-refractivity contribution >= 4 is 40.9 Å². The number of piperidine rings is 1. The zero-order valence-corrected chi connectivity index (χ0v) is 16.8. The van der Waals surface area contributed by atoms with Gasteiger partial charge in [-0.2, -0.15) is 5.10 Å². The maximum atomic E-state index is 12.7. The summed E-state index contributed by atoms with van der Waals surface area (Å²) < 4.78 is 1.58. The van der Waals surface area contributed by atoms with Gasteiger partial charge in [-0.15, -0.1) is 11.3 Å². The molecule has 1 atom stereocenters. The Hall–Kier alpha value is -3.21. The van der Waals surface area contributed by atoms with Gasteiger partial charge >= 0.3 is 6.03 Å². The van der Waals surface area contributed by atoms with Crippen molar-refractivity contribution in [3.05, 3.63) is 33.1 Å². The van der Waals surface area contributed by atoms with Gasteiger partial charge in [0.2, 0.25) is 11.8 Å². The minimum absolute atomic E-state index is 0.208. The van der Waals surface area contributed by atoms with Crippen molar-refractivity contribution in [2.45, 2.75) is 38.9 Å². The molecule has 1 fully saturated rings. The van der Waals surface area contributed by atoms with Gasteiger partial charge in [0.25, 0.3) is 5.91 Å². The van der Waals surface area contributed by atoms with Crippen molar-refractivity contribution in [3.63, 3.8) is 0 Å². The minimum atomic E-state index is -0.616. The van der Waals surface area contributed by atoms with Gasteiger partial charge in [-0.3, -0.25) is 29.7 Å². The average Bonchev–Trinajstić information content (AvgIpc) is 3.28. The topological polar surface area (TPSA) is 125 Å². The first-order chi connectivity index (χ1) is 13.8. The van der Waals surface area contributed by atoms with Crippen molar-refractivity contribution < 1.29 is 19.2 Å². The lowest BCUT2D eigenvalue weighted by atomic mass is 10.0. The fourth-order valence-corrected chi connectivity index (χ4v) is 4.61. The highest BCUT2D eigenvalue weighted by Gasteiger charge is 2.40. The average molecular weight is 416 g/mol. The zero-order chi connectivity index (χ0) is 20.7. The number of carbonyl (C=O) groups excluding carboxylic acids is 4. The van der Waals surface area contributed by atoms with E-state index in [-0.39, 0.29) is 30.8 Å². The zero-order valence-electron chi connectivity index (χ0n) is 15.9. The van der Waals surface area contributed by atoms with Crippen molar-refractivity contribution in [1.29, 1.82) is 0 Å². The number of hydrogen-bond acceptors (Lipinski definition) is 6. The molecule has 1 unspecified atom stereocenters. The second kappa shape index (κ2) is 7.32. The molecular weight excluding hydrogens is 396 g/mol. The summed E-state index contributed by atoms with van der Waals surface area (Å²) in [5.74, 6) is -0.349. The van der Waals surface area contributed by atoms with Crippen LogP contribution in [0.3, 0.4) is 0 Å². The van der Waals surface area contributed by atoms with Crippen LogP contribution in [0.5, 0.6) is 0 Å². The molecule has 2 aromatic rings. The summed E-state index contributed by atoms with van der Waals surface area (Å²) in [6, 6.07) is 2.66. The van der Waals surface area contributed by atoms with Crippen molar-refractivity contribution in [3.8, 4) is 0 Å². The molecule has 4 rings (SSSR count). The SMILES string of the molecule is Cc1cc(NC(=O)NCc2cc3c(s2)C(=O)N(C2CCC(=O)NC2=O)C3)n(C)n1. The molecule has 2 aliphatic rings. The number of rotatable bonds is 4. The molecule has 11 heteroatoms.